The summed E-state index contributed by atoms with van der Waals surface area (Å²) >= 11 is 12.4. The minimum Gasteiger partial charge on any atom is -0.298 e. The molecule has 1 aliphatic heterocycles. The molecule has 2 atom stereocenters. The number of fused-ring (bicyclic) bond motifs is 3. The third-order valence-electron chi connectivity index (χ3n) is 4.71. The number of carbonyl (C=O) groups excluding carboxylic acids is 1. The SMILES string of the molecule is O=C1c2cc(Cl)cc(Cl)c2C2CN(Cc3ccccc3)CC12. The van der Waals surface area contributed by atoms with E-state index in [1.165, 1.54) is 5.56 Å². The Morgan fingerprint density at radius 3 is 2.55 bits per heavy atom. The van der Waals surface area contributed by atoms with E-state index < -0.39 is 0 Å². The van der Waals surface area contributed by atoms with Crippen LogP contribution in [-0.2, 0) is 6.54 Å². The lowest BCUT2D eigenvalue weighted by molar-refractivity contribution is 0.0931. The van der Waals surface area contributed by atoms with E-state index in [0.717, 1.165) is 30.8 Å². The van der Waals surface area contributed by atoms with Crippen LogP contribution in [0.15, 0.2) is 42.5 Å². The van der Waals surface area contributed by atoms with Crippen LogP contribution in [0.2, 0.25) is 10.0 Å². The molecule has 2 unspecified atom stereocenters. The van der Waals surface area contributed by atoms with Crippen molar-refractivity contribution in [3.63, 3.8) is 0 Å². The zero-order chi connectivity index (χ0) is 15.3. The molecule has 0 N–H and O–H groups in total. The Morgan fingerprint density at radius 1 is 1.05 bits per heavy atom. The maximum Gasteiger partial charge on any atom is 0.168 e. The van der Waals surface area contributed by atoms with Gasteiger partial charge in [-0.3, -0.25) is 9.69 Å². The van der Waals surface area contributed by atoms with E-state index in [0.29, 0.717) is 10.0 Å². The van der Waals surface area contributed by atoms with E-state index in [1.54, 1.807) is 12.1 Å². The van der Waals surface area contributed by atoms with Crippen LogP contribution in [-0.4, -0.2) is 23.8 Å². The van der Waals surface area contributed by atoms with Gasteiger partial charge in [0.05, 0.1) is 0 Å². The molecule has 2 aliphatic rings. The van der Waals surface area contributed by atoms with Crippen LogP contribution >= 0.6 is 23.2 Å². The van der Waals surface area contributed by atoms with Gasteiger partial charge in [-0.25, -0.2) is 0 Å². The minimum absolute atomic E-state index is 0.0229. The predicted molar refractivity (Wildman–Crippen MR) is 88.7 cm³/mol. The molecule has 112 valence electrons. The molecular formula is C18H15Cl2NO. The van der Waals surface area contributed by atoms with Crippen molar-refractivity contribution in [2.45, 2.75) is 12.5 Å². The Bertz CT molecular complexity index is 744. The van der Waals surface area contributed by atoms with Gasteiger partial charge >= 0.3 is 0 Å². The van der Waals surface area contributed by atoms with Gasteiger partial charge in [0.1, 0.15) is 0 Å². The first-order chi connectivity index (χ1) is 10.6. The van der Waals surface area contributed by atoms with E-state index in [1.807, 2.05) is 18.2 Å². The Morgan fingerprint density at radius 2 is 1.77 bits per heavy atom. The third kappa shape index (κ3) is 2.26. The summed E-state index contributed by atoms with van der Waals surface area (Å²) in [5, 5.41) is 1.17. The van der Waals surface area contributed by atoms with Crippen molar-refractivity contribution in [1.29, 1.82) is 0 Å². The summed E-state index contributed by atoms with van der Waals surface area (Å²) < 4.78 is 0. The average molecular weight is 332 g/mol. The Labute approximate surface area is 139 Å². The molecule has 0 spiro atoms. The molecule has 0 radical (unpaired) electrons. The number of carbonyl (C=O) groups is 1. The van der Waals surface area contributed by atoms with Gasteiger partial charge in [-0.2, -0.15) is 0 Å². The van der Waals surface area contributed by atoms with Gasteiger partial charge in [0.25, 0.3) is 0 Å². The number of halogens is 2. The van der Waals surface area contributed by atoms with Crippen LogP contribution in [0, 0.1) is 5.92 Å². The second-order valence-corrected chi connectivity index (χ2v) is 6.95. The lowest BCUT2D eigenvalue weighted by Crippen LogP contribution is -2.23. The van der Waals surface area contributed by atoms with Gasteiger partial charge in [0.15, 0.2) is 5.78 Å². The highest BCUT2D eigenvalue weighted by Crippen LogP contribution is 2.47. The molecule has 1 fully saturated rings. The van der Waals surface area contributed by atoms with Crippen LogP contribution in [0.25, 0.3) is 0 Å². The zero-order valence-electron chi connectivity index (χ0n) is 11.9. The molecule has 0 aromatic heterocycles. The number of hydrogen-bond acceptors (Lipinski definition) is 2. The number of hydrogen-bond donors (Lipinski definition) is 0. The number of nitrogens with zero attached hydrogens (tertiary/aromatic N) is 1. The van der Waals surface area contributed by atoms with E-state index >= 15 is 0 Å². The smallest absolute Gasteiger partial charge is 0.168 e. The van der Waals surface area contributed by atoms with Crippen LogP contribution in [0.4, 0.5) is 0 Å². The maximum atomic E-state index is 12.6. The highest BCUT2D eigenvalue weighted by atomic mass is 35.5. The molecule has 2 nitrogen and oxygen atoms in total. The number of rotatable bonds is 2. The standard InChI is InChI=1S/C18H15Cl2NO/c19-12-6-13-17(16(20)7-12)14-9-21(10-15(14)18(13)22)8-11-4-2-1-3-5-11/h1-7,14-15H,8-10H2. The Hall–Kier alpha value is -1.35. The Balaban J connectivity index is 1.61. The molecular weight excluding hydrogens is 317 g/mol. The average Bonchev–Trinajstić information content (AvgIpc) is 2.99. The summed E-state index contributed by atoms with van der Waals surface area (Å²) in [7, 11) is 0. The van der Waals surface area contributed by atoms with Crippen molar-refractivity contribution in [1.82, 2.24) is 4.90 Å². The molecule has 0 saturated carbocycles. The predicted octanol–water partition coefficient (Wildman–Crippen LogP) is 4.41. The fourth-order valence-corrected chi connectivity index (χ4v) is 4.41. The van der Waals surface area contributed by atoms with Crippen molar-refractivity contribution in [3.05, 3.63) is 69.2 Å². The molecule has 1 heterocycles. The number of benzene rings is 2. The zero-order valence-corrected chi connectivity index (χ0v) is 13.4. The second kappa shape index (κ2) is 5.38. The van der Waals surface area contributed by atoms with Crippen molar-refractivity contribution >= 4 is 29.0 Å². The molecule has 2 aromatic carbocycles. The molecule has 1 saturated heterocycles. The van der Waals surface area contributed by atoms with Crippen LogP contribution in [0.1, 0.15) is 27.4 Å². The van der Waals surface area contributed by atoms with Crippen LogP contribution in [0.5, 0.6) is 0 Å². The van der Waals surface area contributed by atoms with Gasteiger partial charge in [-0.15, -0.1) is 0 Å². The fraction of sp³-hybridized carbons (Fsp3) is 0.278. The molecule has 1 aliphatic carbocycles. The highest BCUT2D eigenvalue weighted by Gasteiger charge is 2.46. The van der Waals surface area contributed by atoms with Gasteiger partial charge in [-0.05, 0) is 23.3 Å². The van der Waals surface area contributed by atoms with Crippen molar-refractivity contribution in [2.75, 3.05) is 13.1 Å². The second-order valence-electron chi connectivity index (χ2n) is 6.11. The number of ketones is 1. The lowest BCUT2D eigenvalue weighted by atomic mass is 9.96. The van der Waals surface area contributed by atoms with E-state index in [-0.39, 0.29) is 17.6 Å². The van der Waals surface area contributed by atoms with Gasteiger partial charge in [-0.1, -0.05) is 53.5 Å². The monoisotopic (exact) mass is 331 g/mol. The normalized spacial score (nSPS) is 23.6. The molecule has 22 heavy (non-hydrogen) atoms. The number of likely N-dealkylation sites (tertiary alicyclic amines) is 1. The van der Waals surface area contributed by atoms with Gasteiger partial charge in [0.2, 0.25) is 0 Å². The summed E-state index contributed by atoms with van der Waals surface area (Å²) in [4.78, 5) is 15.0. The molecule has 0 bridgehead atoms. The first-order valence-electron chi connectivity index (χ1n) is 7.43. The topological polar surface area (TPSA) is 20.3 Å². The number of Topliss-reactive ketones (excluding diaryl/α,β-unsaturated/α-hetero) is 1. The summed E-state index contributed by atoms with van der Waals surface area (Å²) in [6.45, 7) is 2.54. The van der Waals surface area contributed by atoms with Crippen LogP contribution < -0.4 is 0 Å². The summed E-state index contributed by atoms with van der Waals surface area (Å²) in [5.41, 5.74) is 3.00. The fourth-order valence-electron chi connectivity index (χ4n) is 3.78. The first kappa shape index (κ1) is 14.3. The summed E-state index contributed by atoms with van der Waals surface area (Å²) in [6.07, 6.45) is 0. The third-order valence-corrected chi connectivity index (χ3v) is 5.24. The minimum atomic E-state index is 0.0229. The molecule has 4 rings (SSSR count). The molecule has 0 amide bonds. The highest BCUT2D eigenvalue weighted by molar-refractivity contribution is 6.36. The Kier molecular flexibility index (Phi) is 3.48. The largest absolute Gasteiger partial charge is 0.298 e. The van der Waals surface area contributed by atoms with Crippen molar-refractivity contribution in [2.24, 2.45) is 5.92 Å². The maximum absolute atomic E-state index is 12.6. The first-order valence-corrected chi connectivity index (χ1v) is 8.18. The van der Waals surface area contributed by atoms with E-state index in [9.17, 15) is 4.79 Å². The van der Waals surface area contributed by atoms with Crippen molar-refractivity contribution < 1.29 is 4.79 Å². The van der Waals surface area contributed by atoms with Crippen LogP contribution in [0.3, 0.4) is 0 Å². The lowest BCUT2D eigenvalue weighted by Gasteiger charge is -2.17. The van der Waals surface area contributed by atoms with E-state index in [2.05, 4.69) is 17.0 Å². The van der Waals surface area contributed by atoms with Gasteiger partial charge in [0, 0.05) is 47.1 Å². The quantitative estimate of drug-likeness (QED) is 0.812. The van der Waals surface area contributed by atoms with Gasteiger partial charge < -0.3 is 0 Å². The summed E-state index contributed by atoms with van der Waals surface area (Å²) in [6, 6.07) is 13.9. The van der Waals surface area contributed by atoms with E-state index in [4.69, 9.17) is 23.2 Å². The molecule has 2 aromatic rings. The van der Waals surface area contributed by atoms with Crippen molar-refractivity contribution in [3.8, 4) is 0 Å². The summed E-state index contributed by atoms with van der Waals surface area (Å²) in [5.74, 6) is 0.422. The molecule has 4 heteroatoms.